The second-order valence-corrected chi connectivity index (χ2v) is 7.39. The van der Waals surface area contributed by atoms with Gasteiger partial charge in [0.05, 0.1) is 0 Å². The Labute approximate surface area is 126 Å². The van der Waals surface area contributed by atoms with Crippen LogP contribution < -0.4 is 10.1 Å². The molecule has 1 aromatic rings. The number of nitrogens with one attached hydrogen (secondary N) is 3. The van der Waals surface area contributed by atoms with E-state index in [-0.39, 0.29) is 11.1 Å². The Morgan fingerprint density at radius 2 is 1.95 bits per heavy atom. The van der Waals surface area contributed by atoms with Gasteiger partial charge in [-0.05, 0) is 19.8 Å². The van der Waals surface area contributed by atoms with Gasteiger partial charge in [0, 0.05) is 36.9 Å². The molecular weight excluding hydrogens is 290 g/mol. The maximum atomic E-state index is 12.5. The van der Waals surface area contributed by atoms with Gasteiger partial charge in [0.15, 0.2) is 5.03 Å². The summed E-state index contributed by atoms with van der Waals surface area (Å²) in [6, 6.07) is 0.282. The third kappa shape index (κ3) is 4.26. The molecule has 2 rings (SSSR count). The minimum Gasteiger partial charge on any atom is -0.310 e. The Morgan fingerprint density at radius 3 is 2.57 bits per heavy atom. The third-order valence-electron chi connectivity index (χ3n) is 3.58. The molecule has 0 aromatic carbocycles. The standard InChI is InChI=1S/C13H25N5O2S/c1-10(2)14-9-12-11(3)15-16-13(12)21(19,20)17-18-7-5-4-6-8-18/h10,14,17H,4-9H2,1-3H3,(H,15,16). The van der Waals surface area contributed by atoms with Gasteiger partial charge in [-0.25, -0.2) is 13.4 Å². The molecular formula is C13H25N5O2S. The van der Waals surface area contributed by atoms with E-state index in [9.17, 15) is 8.42 Å². The predicted octanol–water partition coefficient (Wildman–Crippen LogP) is 0.895. The molecule has 0 bridgehead atoms. The zero-order chi connectivity index (χ0) is 15.5. The van der Waals surface area contributed by atoms with E-state index < -0.39 is 10.0 Å². The van der Waals surface area contributed by atoms with E-state index in [1.807, 2.05) is 20.8 Å². The molecule has 0 amide bonds. The topological polar surface area (TPSA) is 90.1 Å². The minimum atomic E-state index is -3.62. The Morgan fingerprint density at radius 1 is 1.29 bits per heavy atom. The first-order valence-electron chi connectivity index (χ1n) is 7.45. The van der Waals surface area contributed by atoms with E-state index in [1.54, 1.807) is 5.01 Å². The molecule has 2 heterocycles. The first kappa shape index (κ1) is 16.4. The summed E-state index contributed by atoms with van der Waals surface area (Å²) >= 11 is 0. The number of hydrazine groups is 1. The van der Waals surface area contributed by atoms with Crippen LogP contribution in [-0.4, -0.2) is 42.8 Å². The van der Waals surface area contributed by atoms with Gasteiger partial charge in [-0.2, -0.15) is 5.10 Å². The highest BCUT2D eigenvalue weighted by Gasteiger charge is 2.26. The van der Waals surface area contributed by atoms with Gasteiger partial charge in [-0.15, -0.1) is 4.83 Å². The summed E-state index contributed by atoms with van der Waals surface area (Å²) in [5, 5.41) is 11.9. The number of hydrogen-bond donors (Lipinski definition) is 3. The number of nitrogens with zero attached hydrogens (tertiary/aromatic N) is 2. The highest BCUT2D eigenvalue weighted by atomic mass is 32.2. The van der Waals surface area contributed by atoms with Gasteiger partial charge in [0.1, 0.15) is 0 Å². The molecule has 0 aliphatic carbocycles. The fourth-order valence-corrected chi connectivity index (χ4v) is 3.69. The Balaban J connectivity index is 2.15. The number of aromatic amines is 1. The average Bonchev–Trinajstić information content (AvgIpc) is 2.79. The van der Waals surface area contributed by atoms with Crippen LogP contribution in [0.25, 0.3) is 0 Å². The minimum absolute atomic E-state index is 0.0960. The van der Waals surface area contributed by atoms with Gasteiger partial charge >= 0.3 is 0 Å². The summed E-state index contributed by atoms with van der Waals surface area (Å²) in [7, 11) is -3.62. The molecule has 0 atom stereocenters. The molecule has 1 aliphatic rings. The molecule has 8 heteroatoms. The van der Waals surface area contributed by atoms with Crippen LogP contribution in [0.2, 0.25) is 0 Å². The van der Waals surface area contributed by atoms with Crippen molar-refractivity contribution in [3.05, 3.63) is 11.3 Å². The highest BCUT2D eigenvalue weighted by Crippen LogP contribution is 2.17. The molecule has 1 fully saturated rings. The lowest BCUT2D eigenvalue weighted by molar-refractivity contribution is 0.199. The molecule has 0 saturated carbocycles. The first-order valence-corrected chi connectivity index (χ1v) is 8.93. The highest BCUT2D eigenvalue weighted by molar-refractivity contribution is 7.89. The number of rotatable bonds is 6. The van der Waals surface area contributed by atoms with Crippen LogP contribution in [0.4, 0.5) is 0 Å². The lowest BCUT2D eigenvalue weighted by atomic mass is 10.2. The van der Waals surface area contributed by atoms with E-state index >= 15 is 0 Å². The number of H-pyrrole nitrogens is 1. The molecule has 3 N–H and O–H groups in total. The molecule has 1 aromatic heterocycles. The number of hydrogen-bond acceptors (Lipinski definition) is 5. The van der Waals surface area contributed by atoms with Crippen LogP contribution in [0.3, 0.4) is 0 Å². The quantitative estimate of drug-likeness (QED) is 0.725. The van der Waals surface area contributed by atoms with Crippen LogP contribution in [0.5, 0.6) is 0 Å². The summed E-state index contributed by atoms with van der Waals surface area (Å²) in [5.74, 6) is 0. The van der Waals surface area contributed by atoms with Crippen molar-refractivity contribution >= 4 is 10.0 Å². The van der Waals surface area contributed by atoms with Crippen molar-refractivity contribution in [1.82, 2.24) is 25.4 Å². The number of aromatic nitrogens is 2. The first-order chi connectivity index (χ1) is 9.90. The zero-order valence-corrected chi connectivity index (χ0v) is 13.8. The second kappa shape index (κ2) is 6.87. The zero-order valence-electron chi connectivity index (χ0n) is 12.9. The van der Waals surface area contributed by atoms with Gasteiger partial charge in [-0.3, -0.25) is 5.10 Å². The van der Waals surface area contributed by atoms with E-state index in [2.05, 4.69) is 20.3 Å². The van der Waals surface area contributed by atoms with Gasteiger partial charge in [0.2, 0.25) is 0 Å². The van der Waals surface area contributed by atoms with Crippen molar-refractivity contribution < 1.29 is 8.42 Å². The second-order valence-electron chi connectivity index (χ2n) is 5.81. The molecule has 0 radical (unpaired) electrons. The maximum absolute atomic E-state index is 12.5. The Kier molecular flexibility index (Phi) is 5.37. The number of aryl methyl sites for hydroxylation is 1. The fraction of sp³-hybridized carbons (Fsp3) is 0.769. The number of piperidine rings is 1. The van der Waals surface area contributed by atoms with Crippen LogP contribution in [-0.2, 0) is 16.6 Å². The monoisotopic (exact) mass is 315 g/mol. The Bertz CT molecular complexity index is 561. The molecule has 1 saturated heterocycles. The average molecular weight is 315 g/mol. The molecule has 7 nitrogen and oxygen atoms in total. The smallest absolute Gasteiger partial charge is 0.273 e. The summed E-state index contributed by atoms with van der Waals surface area (Å²) in [6.07, 6.45) is 3.19. The van der Waals surface area contributed by atoms with Crippen LogP contribution in [0.15, 0.2) is 5.03 Å². The van der Waals surface area contributed by atoms with Crippen molar-refractivity contribution in [2.75, 3.05) is 13.1 Å². The number of sulfonamides is 1. The molecule has 120 valence electrons. The summed E-state index contributed by atoms with van der Waals surface area (Å²) < 4.78 is 25.0. The molecule has 21 heavy (non-hydrogen) atoms. The van der Waals surface area contributed by atoms with Gasteiger partial charge < -0.3 is 5.32 Å². The normalized spacial score (nSPS) is 17.5. The lowest BCUT2D eigenvalue weighted by Crippen LogP contribution is -2.45. The predicted molar refractivity (Wildman–Crippen MR) is 81.0 cm³/mol. The van der Waals surface area contributed by atoms with Crippen LogP contribution >= 0.6 is 0 Å². The molecule has 0 spiro atoms. The maximum Gasteiger partial charge on any atom is 0.273 e. The van der Waals surface area contributed by atoms with Gasteiger partial charge in [0.25, 0.3) is 10.0 Å². The lowest BCUT2D eigenvalue weighted by Gasteiger charge is -2.26. The van der Waals surface area contributed by atoms with E-state index in [4.69, 9.17) is 0 Å². The molecule has 1 aliphatic heterocycles. The van der Waals surface area contributed by atoms with Crippen molar-refractivity contribution in [2.45, 2.75) is 57.6 Å². The van der Waals surface area contributed by atoms with E-state index in [1.165, 1.54) is 0 Å². The van der Waals surface area contributed by atoms with Crippen LogP contribution in [0, 0.1) is 6.92 Å². The largest absolute Gasteiger partial charge is 0.310 e. The fourth-order valence-electron chi connectivity index (χ4n) is 2.37. The van der Waals surface area contributed by atoms with Crippen LogP contribution in [0.1, 0.15) is 44.4 Å². The SMILES string of the molecule is Cc1[nH]nc(S(=O)(=O)NN2CCCCC2)c1CNC(C)C. The summed E-state index contributed by atoms with van der Waals surface area (Å²) in [5.41, 5.74) is 1.48. The van der Waals surface area contributed by atoms with E-state index in [0.717, 1.165) is 38.0 Å². The summed E-state index contributed by atoms with van der Waals surface area (Å²) in [6.45, 7) is 7.87. The molecule has 0 unspecified atom stereocenters. The van der Waals surface area contributed by atoms with E-state index in [0.29, 0.717) is 12.1 Å². The van der Waals surface area contributed by atoms with Crippen molar-refractivity contribution in [2.24, 2.45) is 0 Å². The van der Waals surface area contributed by atoms with Crippen molar-refractivity contribution in [3.63, 3.8) is 0 Å². The summed E-state index contributed by atoms with van der Waals surface area (Å²) in [4.78, 5) is 2.65. The van der Waals surface area contributed by atoms with Crippen molar-refractivity contribution in [1.29, 1.82) is 0 Å². The Hall–Kier alpha value is -0.960. The third-order valence-corrected chi connectivity index (χ3v) is 4.93. The van der Waals surface area contributed by atoms with Crippen molar-refractivity contribution in [3.8, 4) is 0 Å². The van der Waals surface area contributed by atoms with Gasteiger partial charge in [-0.1, -0.05) is 20.3 Å².